The van der Waals surface area contributed by atoms with Gasteiger partial charge in [0.25, 0.3) is 0 Å². The Hall–Kier alpha value is -2.42. The quantitative estimate of drug-likeness (QED) is 0.443. The highest BCUT2D eigenvalue weighted by Gasteiger charge is 2.32. The number of rotatable bonds is 7. The van der Waals surface area contributed by atoms with Crippen LogP contribution in [0.4, 0.5) is 5.69 Å². The van der Waals surface area contributed by atoms with Gasteiger partial charge in [-0.3, -0.25) is 10.0 Å². The lowest BCUT2D eigenvalue weighted by Gasteiger charge is -2.36. The monoisotopic (exact) mass is 389 g/mol. The topological polar surface area (TPSA) is 81.2 Å². The molecule has 7 nitrogen and oxygen atoms in total. The Bertz CT molecular complexity index is 838. The van der Waals surface area contributed by atoms with Crippen LogP contribution in [-0.2, 0) is 14.8 Å². The van der Waals surface area contributed by atoms with Crippen LogP contribution in [0, 0.1) is 0 Å². The molecule has 1 atom stereocenters. The second-order valence-corrected chi connectivity index (χ2v) is 8.43. The summed E-state index contributed by atoms with van der Waals surface area (Å²) in [5.41, 5.74) is 1.64. The van der Waals surface area contributed by atoms with Gasteiger partial charge in [0, 0.05) is 31.9 Å². The number of anilines is 1. The summed E-state index contributed by atoms with van der Waals surface area (Å²) in [5, 5.41) is 10.3. The van der Waals surface area contributed by atoms with Gasteiger partial charge in [-0.2, -0.15) is 4.31 Å². The van der Waals surface area contributed by atoms with Crippen molar-refractivity contribution in [2.75, 3.05) is 36.8 Å². The summed E-state index contributed by atoms with van der Waals surface area (Å²) in [6.45, 7) is 1.92. The zero-order valence-electron chi connectivity index (χ0n) is 14.9. The van der Waals surface area contributed by atoms with Crippen molar-refractivity contribution < 1.29 is 18.4 Å². The Kier molecular flexibility index (Phi) is 6.10. The highest BCUT2D eigenvalue weighted by atomic mass is 32.2. The second kappa shape index (κ2) is 8.51. The first-order valence-corrected chi connectivity index (χ1v) is 10.4. The fourth-order valence-electron chi connectivity index (χ4n) is 3.24. The summed E-state index contributed by atoms with van der Waals surface area (Å²) in [6.07, 6.45) is 0.237. The Morgan fingerprint density at radius 3 is 2.07 bits per heavy atom. The molecule has 2 aromatic rings. The van der Waals surface area contributed by atoms with Crippen LogP contribution in [0.15, 0.2) is 60.7 Å². The van der Waals surface area contributed by atoms with Crippen LogP contribution in [-0.4, -0.2) is 61.3 Å². The van der Waals surface area contributed by atoms with Gasteiger partial charge in [-0.15, -0.1) is 0 Å². The maximum atomic E-state index is 12.9. The summed E-state index contributed by atoms with van der Waals surface area (Å²) >= 11 is 0. The molecule has 1 heterocycles. The van der Waals surface area contributed by atoms with E-state index in [1.54, 1.807) is 30.3 Å². The maximum absolute atomic E-state index is 12.9. The molecule has 1 aliphatic rings. The number of hydroxylamine groups is 2. The molecule has 0 bridgehead atoms. The molecule has 0 radical (unpaired) electrons. The lowest BCUT2D eigenvalue weighted by atomic mass is 10.1. The number of piperazine rings is 1. The zero-order valence-corrected chi connectivity index (χ0v) is 15.7. The largest absolute Gasteiger partial charge is 0.369 e. The summed E-state index contributed by atoms with van der Waals surface area (Å²) < 4.78 is 27.2. The zero-order chi connectivity index (χ0) is 19.3. The molecule has 3 rings (SSSR count). The number of amides is 1. The van der Waals surface area contributed by atoms with Gasteiger partial charge in [0.1, 0.15) is 0 Å². The Balaban J connectivity index is 1.69. The predicted octanol–water partition coefficient (Wildman–Crippen LogP) is 1.73. The highest BCUT2D eigenvalue weighted by Crippen LogP contribution is 2.23. The first-order valence-electron chi connectivity index (χ1n) is 8.76. The number of nitrogens with zero attached hydrogens (tertiary/aromatic N) is 3. The van der Waals surface area contributed by atoms with Crippen LogP contribution in [0.2, 0.25) is 0 Å². The smallest absolute Gasteiger partial charge is 0.233 e. The molecule has 0 saturated carbocycles. The summed E-state index contributed by atoms with van der Waals surface area (Å²) in [4.78, 5) is 13.2. The van der Waals surface area contributed by atoms with Crippen molar-refractivity contribution in [3.63, 3.8) is 0 Å². The van der Waals surface area contributed by atoms with E-state index in [0.29, 0.717) is 36.8 Å². The molecule has 1 amide bonds. The van der Waals surface area contributed by atoms with Crippen molar-refractivity contribution in [2.45, 2.75) is 6.04 Å². The lowest BCUT2D eigenvalue weighted by Crippen LogP contribution is -2.50. The van der Waals surface area contributed by atoms with Gasteiger partial charge in [0.05, 0.1) is 11.8 Å². The number of carbonyl (C=O) groups is 1. The van der Waals surface area contributed by atoms with Gasteiger partial charge in [-0.25, -0.2) is 13.5 Å². The molecule has 1 fully saturated rings. The maximum Gasteiger partial charge on any atom is 0.233 e. The molecule has 1 N–H and O–H groups in total. The normalized spacial score (nSPS) is 16.7. The number of benzene rings is 2. The van der Waals surface area contributed by atoms with Crippen LogP contribution in [0.1, 0.15) is 11.6 Å². The minimum atomic E-state index is -3.65. The Labute approximate surface area is 159 Å². The van der Waals surface area contributed by atoms with E-state index in [0.717, 1.165) is 5.69 Å². The van der Waals surface area contributed by atoms with Crippen molar-refractivity contribution in [3.8, 4) is 0 Å². The van der Waals surface area contributed by atoms with Crippen LogP contribution in [0.25, 0.3) is 0 Å². The Morgan fingerprint density at radius 2 is 1.52 bits per heavy atom. The first kappa shape index (κ1) is 19.3. The first-order chi connectivity index (χ1) is 13.0. The van der Waals surface area contributed by atoms with Crippen molar-refractivity contribution in [3.05, 3.63) is 66.2 Å². The number of carbonyl (C=O) groups excluding carboxylic acids is 1. The molecular weight excluding hydrogens is 366 g/mol. The molecule has 8 heteroatoms. The van der Waals surface area contributed by atoms with E-state index in [4.69, 9.17) is 0 Å². The second-order valence-electron chi connectivity index (χ2n) is 6.41. The van der Waals surface area contributed by atoms with Crippen molar-refractivity contribution >= 4 is 22.1 Å². The van der Waals surface area contributed by atoms with Crippen molar-refractivity contribution in [1.29, 1.82) is 0 Å². The molecule has 0 spiro atoms. The van der Waals surface area contributed by atoms with E-state index < -0.39 is 16.1 Å². The third-order valence-electron chi connectivity index (χ3n) is 4.73. The van der Waals surface area contributed by atoms with Crippen LogP contribution < -0.4 is 4.90 Å². The van der Waals surface area contributed by atoms with E-state index in [9.17, 15) is 18.4 Å². The van der Waals surface area contributed by atoms with Gasteiger partial charge in [0.2, 0.25) is 16.4 Å². The fourth-order valence-corrected chi connectivity index (χ4v) is 4.92. The average Bonchev–Trinajstić information content (AvgIpc) is 2.73. The van der Waals surface area contributed by atoms with Gasteiger partial charge in [-0.05, 0) is 17.7 Å². The molecule has 27 heavy (non-hydrogen) atoms. The summed E-state index contributed by atoms with van der Waals surface area (Å²) in [5.74, 6) is -0.364. The van der Waals surface area contributed by atoms with Crippen LogP contribution >= 0.6 is 0 Å². The minimum absolute atomic E-state index is 0.237. The van der Waals surface area contributed by atoms with Gasteiger partial charge >= 0.3 is 0 Å². The van der Waals surface area contributed by atoms with E-state index in [-0.39, 0.29) is 12.2 Å². The molecule has 1 aliphatic heterocycles. The molecule has 1 unspecified atom stereocenters. The fraction of sp³-hybridized carbons (Fsp3) is 0.316. The number of para-hydroxylation sites is 1. The van der Waals surface area contributed by atoms with Gasteiger partial charge in [0.15, 0.2) is 0 Å². The predicted molar refractivity (Wildman–Crippen MR) is 103 cm³/mol. The molecule has 2 aromatic carbocycles. The number of hydrogen-bond donors (Lipinski definition) is 1. The van der Waals surface area contributed by atoms with Crippen molar-refractivity contribution in [1.82, 2.24) is 9.37 Å². The Morgan fingerprint density at radius 1 is 0.963 bits per heavy atom. The summed E-state index contributed by atoms with van der Waals surface area (Å²) in [7, 11) is -3.65. The average molecular weight is 389 g/mol. The van der Waals surface area contributed by atoms with Crippen molar-refractivity contribution in [2.24, 2.45) is 0 Å². The van der Waals surface area contributed by atoms with E-state index in [2.05, 4.69) is 4.90 Å². The van der Waals surface area contributed by atoms with E-state index in [1.165, 1.54) is 4.31 Å². The molecule has 0 aliphatic carbocycles. The van der Waals surface area contributed by atoms with Gasteiger partial charge in [-0.1, -0.05) is 48.5 Å². The van der Waals surface area contributed by atoms with E-state index >= 15 is 0 Å². The number of sulfonamides is 1. The lowest BCUT2D eigenvalue weighted by molar-refractivity contribution is -0.158. The van der Waals surface area contributed by atoms with Crippen LogP contribution in [0.5, 0.6) is 0 Å². The molecule has 0 aromatic heterocycles. The van der Waals surface area contributed by atoms with Crippen LogP contribution in [0.3, 0.4) is 0 Å². The SMILES string of the molecule is O=CN(O)C(CS(=O)(=O)N1CCN(c2ccccc2)CC1)c1ccccc1. The van der Waals surface area contributed by atoms with Gasteiger partial charge < -0.3 is 4.90 Å². The minimum Gasteiger partial charge on any atom is -0.369 e. The molecular formula is C19H23N3O4S. The highest BCUT2D eigenvalue weighted by molar-refractivity contribution is 7.89. The van der Waals surface area contributed by atoms with E-state index in [1.807, 2.05) is 30.3 Å². The number of hydrogen-bond acceptors (Lipinski definition) is 5. The summed E-state index contributed by atoms with van der Waals surface area (Å²) in [6, 6.07) is 17.6. The standard InChI is InChI=1S/C19H23N3O4S/c23-16-22(24)19(17-7-3-1-4-8-17)15-27(25,26)21-13-11-20(12-14-21)18-9-5-2-6-10-18/h1-10,16,19,24H,11-15H2. The molecule has 144 valence electrons. The third-order valence-corrected chi connectivity index (χ3v) is 6.62. The third kappa shape index (κ3) is 4.65. The molecule has 1 saturated heterocycles.